The van der Waals surface area contributed by atoms with Crippen LogP contribution in [0.3, 0.4) is 0 Å². The summed E-state index contributed by atoms with van der Waals surface area (Å²) in [6.45, 7) is 0. The van der Waals surface area contributed by atoms with Gasteiger partial charge in [0.1, 0.15) is 0 Å². The van der Waals surface area contributed by atoms with Gasteiger partial charge in [-0.25, -0.2) is 0 Å². The number of hydrogen-bond donors (Lipinski definition) is 1. The number of benzene rings is 3. The predicted octanol–water partition coefficient (Wildman–Crippen LogP) is 4.62. The smallest absolute Gasteiger partial charge is 0.256 e. The zero-order valence-corrected chi connectivity index (χ0v) is 14.2. The van der Waals surface area contributed by atoms with Gasteiger partial charge >= 0.3 is 0 Å². The number of anilines is 1. The average Bonchev–Trinajstić information content (AvgIpc) is 2.68. The van der Waals surface area contributed by atoms with Crippen LogP contribution in [0.1, 0.15) is 10.4 Å². The van der Waals surface area contributed by atoms with Crippen molar-refractivity contribution in [3.05, 3.63) is 78.4 Å². The first-order valence-corrected chi connectivity index (χ1v) is 7.90. The first kappa shape index (κ1) is 16.6. The fraction of sp³-hybridized carbons (Fsp3) is 0.0952. The van der Waals surface area contributed by atoms with E-state index in [1.807, 2.05) is 54.6 Å². The standard InChI is InChI=1S/C21H19NO3/c1-24-19-13-12-16(14-20(19)25-2)22-21(23)18-11-7-6-10-17(18)15-8-4-3-5-9-15/h3-14H,1-2H3,(H,22,23). The maximum atomic E-state index is 12.8. The van der Waals surface area contributed by atoms with E-state index >= 15 is 0 Å². The van der Waals surface area contributed by atoms with E-state index in [-0.39, 0.29) is 5.91 Å². The predicted molar refractivity (Wildman–Crippen MR) is 99.4 cm³/mol. The Bertz CT molecular complexity index is 875. The summed E-state index contributed by atoms with van der Waals surface area (Å²) < 4.78 is 10.5. The molecule has 0 fully saturated rings. The summed E-state index contributed by atoms with van der Waals surface area (Å²) in [7, 11) is 3.14. The van der Waals surface area contributed by atoms with Gasteiger partial charge in [0.05, 0.1) is 14.2 Å². The number of carbonyl (C=O) groups is 1. The molecule has 0 aromatic heterocycles. The van der Waals surface area contributed by atoms with Crippen molar-refractivity contribution in [1.82, 2.24) is 0 Å². The second kappa shape index (κ2) is 7.53. The Morgan fingerprint density at radius 1 is 0.800 bits per heavy atom. The number of amides is 1. The first-order chi connectivity index (χ1) is 12.2. The fourth-order valence-corrected chi connectivity index (χ4v) is 2.66. The molecule has 3 aromatic carbocycles. The summed E-state index contributed by atoms with van der Waals surface area (Å²) in [5.41, 5.74) is 3.15. The lowest BCUT2D eigenvalue weighted by Gasteiger charge is -2.12. The van der Waals surface area contributed by atoms with E-state index in [4.69, 9.17) is 9.47 Å². The Kier molecular flexibility index (Phi) is 5.00. The Balaban J connectivity index is 1.90. The van der Waals surface area contributed by atoms with Crippen LogP contribution in [0.5, 0.6) is 11.5 Å². The van der Waals surface area contributed by atoms with Crippen LogP contribution in [0, 0.1) is 0 Å². The van der Waals surface area contributed by atoms with Crippen molar-refractivity contribution in [2.24, 2.45) is 0 Å². The van der Waals surface area contributed by atoms with Crippen molar-refractivity contribution in [1.29, 1.82) is 0 Å². The van der Waals surface area contributed by atoms with E-state index in [2.05, 4.69) is 5.32 Å². The monoisotopic (exact) mass is 333 g/mol. The van der Waals surface area contributed by atoms with E-state index < -0.39 is 0 Å². The highest BCUT2D eigenvalue weighted by molar-refractivity contribution is 6.08. The molecular weight excluding hydrogens is 314 g/mol. The van der Waals surface area contributed by atoms with Gasteiger partial charge in [0.2, 0.25) is 0 Å². The molecule has 4 nitrogen and oxygen atoms in total. The molecule has 1 N–H and O–H groups in total. The summed E-state index contributed by atoms with van der Waals surface area (Å²) in [5.74, 6) is 1.01. The Morgan fingerprint density at radius 3 is 2.20 bits per heavy atom. The topological polar surface area (TPSA) is 47.6 Å². The third-order valence-electron chi connectivity index (χ3n) is 3.90. The second-order valence-electron chi connectivity index (χ2n) is 5.44. The number of hydrogen-bond acceptors (Lipinski definition) is 3. The molecule has 0 heterocycles. The Morgan fingerprint density at radius 2 is 1.48 bits per heavy atom. The van der Waals surface area contributed by atoms with Crippen LogP contribution in [-0.4, -0.2) is 20.1 Å². The third kappa shape index (κ3) is 3.63. The lowest BCUT2D eigenvalue weighted by molar-refractivity contribution is 0.102. The molecule has 0 aliphatic heterocycles. The molecule has 0 aliphatic rings. The molecule has 4 heteroatoms. The summed E-state index contributed by atoms with van der Waals surface area (Å²) in [6.07, 6.45) is 0. The molecule has 0 saturated heterocycles. The van der Waals surface area contributed by atoms with Crippen LogP contribution >= 0.6 is 0 Å². The zero-order valence-electron chi connectivity index (χ0n) is 14.2. The van der Waals surface area contributed by atoms with E-state index in [1.54, 1.807) is 32.4 Å². The van der Waals surface area contributed by atoms with E-state index in [1.165, 1.54) is 0 Å². The Labute approximate surface area is 147 Å². The number of rotatable bonds is 5. The quantitative estimate of drug-likeness (QED) is 0.741. The average molecular weight is 333 g/mol. The van der Waals surface area contributed by atoms with Gasteiger partial charge in [0.25, 0.3) is 5.91 Å². The molecule has 3 rings (SSSR count). The molecule has 0 atom stereocenters. The summed E-state index contributed by atoms with van der Waals surface area (Å²) in [5, 5.41) is 2.92. The maximum absolute atomic E-state index is 12.8. The molecule has 0 unspecified atom stereocenters. The van der Waals surface area contributed by atoms with Gasteiger partial charge in [-0.3, -0.25) is 4.79 Å². The van der Waals surface area contributed by atoms with Crippen molar-refractivity contribution < 1.29 is 14.3 Å². The zero-order chi connectivity index (χ0) is 17.6. The van der Waals surface area contributed by atoms with E-state index in [9.17, 15) is 4.79 Å². The number of methoxy groups -OCH3 is 2. The highest BCUT2D eigenvalue weighted by Gasteiger charge is 2.13. The van der Waals surface area contributed by atoms with Crippen LogP contribution in [0.4, 0.5) is 5.69 Å². The maximum Gasteiger partial charge on any atom is 0.256 e. The number of carbonyl (C=O) groups excluding carboxylic acids is 1. The molecule has 0 aliphatic carbocycles. The number of nitrogens with one attached hydrogen (secondary N) is 1. The molecule has 0 radical (unpaired) electrons. The molecule has 126 valence electrons. The van der Waals surface area contributed by atoms with E-state index in [0.29, 0.717) is 22.7 Å². The van der Waals surface area contributed by atoms with Gasteiger partial charge in [0, 0.05) is 17.3 Å². The van der Waals surface area contributed by atoms with E-state index in [0.717, 1.165) is 11.1 Å². The SMILES string of the molecule is COc1ccc(NC(=O)c2ccccc2-c2ccccc2)cc1OC. The molecule has 25 heavy (non-hydrogen) atoms. The Hall–Kier alpha value is -3.27. The molecule has 0 spiro atoms. The van der Waals surface area contributed by atoms with Crippen molar-refractivity contribution in [2.75, 3.05) is 19.5 Å². The minimum absolute atomic E-state index is 0.174. The molecule has 3 aromatic rings. The van der Waals surface area contributed by atoms with Crippen molar-refractivity contribution in [3.63, 3.8) is 0 Å². The van der Waals surface area contributed by atoms with Crippen LogP contribution in [0.2, 0.25) is 0 Å². The van der Waals surface area contributed by atoms with Crippen LogP contribution in [-0.2, 0) is 0 Å². The highest BCUT2D eigenvalue weighted by Crippen LogP contribution is 2.30. The minimum atomic E-state index is -0.174. The highest BCUT2D eigenvalue weighted by atomic mass is 16.5. The third-order valence-corrected chi connectivity index (χ3v) is 3.90. The minimum Gasteiger partial charge on any atom is -0.493 e. The largest absolute Gasteiger partial charge is 0.493 e. The van der Waals surface area contributed by atoms with Crippen LogP contribution in [0.25, 0.3) is 11.1 Å². The van der Waals surface area contributed by atoms with Gasteiger partial charge in [-0.15, -0.1) is 0 Å². The van der Waals surface area contributed by atoms with Gasteiger partial charge in [-0.2, -0.15) is 0 Å². The van der Waals surface area contributed by atoms with Gasteiger partial charge in [-0.1, -0.05) is 48.5 Å². The fourth-order valence-electron chi connectivity index (χ4n) is 2.66. The summed E-state index contributed by atoms with van der Waals surface area (Å²) >= 11 is 0. The molecule has 0 bridgehead atoms. The van der Waals surface area contributed by atoms with Crippen molar-refractivity contribution >= 4 is 11.6 Å². The van der Waals surface area contributed by atoms with Crippen molar-refractivity contribution in [2.45, 2.75) is 0 Å². The lowest BCUT2D eigenvalue weighted by Crippen LogP contribution is -2.13. The first-order valence-electron chi connectivity index (χ1n) is 7.90. The summed E-state index contributed by atoms with van der Waals surface area (Å²) in [6, 6.07) is 22.7. The summed E-state index contributed by atoms with van der Waals surface area (Å²) in [4.78, 5) is 12.8. The molecular formula is C21H19NO3. The molecule has 0 saturated carbocycles. The normalized spacial score (nSPS) is 10.2. The lowest BCUT2D eigenvalue weighted by atomic mass is 9.99. The number of ether oxygens (including phenoxy) is 2. The van der Waals surface area contributed by atoms with Crippen LogP contribution in [0.15, 0.2) is 72.8 Å². The van der Waals surface area contributed by atoms with Gasteiger partial charge in [-0.05, 0) is 29.3 Å². The van der Waals surface area contributed by atoms with Crippen LogP contribution < -0.4 is 14.8 Å². The van der Waals surface area contributed by atoms with Gasteiger partial charge in [0.15, 0.2) is 11.5 Å². The van der Waals surface area contributed by atoms with Gasteiger partial charge < -0.3 is 14.8 Å². The second-order valence-corrected chi connectivity index (χ2v) is 5.44. The molecule has 1 amide bonds. The van der Waals surface area contributed by atoms with Crippen molar-refractivity contribution in [3.8, 4) is 22.6 Å².